The van der Waals surface area contributed by atoms with E-state index in [0.29, 0.717) is 37.5 Å². The lowest BCUT2D eigenvalue weighted by Crippen LogP contribution is -2.49. The number of benzene rings is 2. The molecule has 3 N–H and O–H groups in total. The highest BCUT2D eigenvalue weighted by molar-refractivity contribution is 6.33. The Morgan fingerprint density at radius 1 is 1.04 bits per heavy atom. The molecule has 2 amide bonds. The molecule has 7 nitrogen and oxygen atoms in total. The van der Waals surface area contributed by atoms with Crippen LogP contribution < -0.4 is 11.1 Å². The smallest absolute Gasteiger partial charge is 0.397 e. The second-order valence-electron chi connectivity index (χ2n) is 13.7. The van der Waals surface area contributed by atoms with Crippen LogP contribution in [0.1, 0.15) is 71.8 Å². The number of amides is 2. The first-order chi connectivity index (χ1) is 23.9. The minimum atomic E-state index is -4.65. The maximum atomic E-state index is 13.9. The summed E-state index contributed by atoms with van der Waals surface area (Å²) < 4.78 is 60.2. The minimum absolute atomic E-state index is 0.0632. The van der Waals surface area contributed by atoms with E-state index < -0.39 is 36.4 Å². The Morgan fingerprint density at radius 2 is 1.73 bits per heavy atom. The number of fused-ring (bicyclic) bond motifs is 1. The first-order valence-electron chi connectivity index (χ1n) is 18.9. The minimum Gasteiger partial charge on any atom is -0.397 e. The number of hydrogen-bond donors (Lipinski definition) is 2. The predicted molar refractivity (Wildman–Crippen MR) is 190 cm³/mol. The summed E-state index contributed by atoms with van der Waals surface area (Å²) in [5.41, 5.74) is 6.65. The number of rotatable bonds is 13. The highest BCUT2D eigenvalue weighted by Crippen LogP contribution is 2.38. The third kappa shape index (κ3) is 9.79. The molecule has 48 heavy (non-hydrogen) atoms. The number of anilines is 2. The summed E-state index contributed by atoms with van der Waals surface area (Å²) in [7, 11) is 0. The van der Waals surface area contributed by atoms with Crippen molar-refractivity contribution in [3.05, 3.63) is 58.1 Å². The monoisotopic (exact) mass is 692 g/mol. The van der Waals surface area contributed by atoms with Crippen molar-refractivity contribution in [3.8, 4) is 0 Å². The van der Waals surface area contributed by atoms with E-state index in [2.05, 4.69) is 33.9 Å². The standard InChI is InChI=1S/C37H54ClF3N6O/c1-3-44(4-2)16-9-27-10-18-46(19-11-27)26-28(23-29-24-32(37(39,40)41)35(42)33(38)25-29)12-17-45-20-14-31(15-21-45)47-22-13-30-7-5-6-8-34(30)43-36(47)48/h5-8,24-25,27-28,31H,3-4,9-23,26,42H2,1-2H3,(H,43,48)/i17D,26D/t17?,26-,28?/m1/s1. The zero-order valence-electron chi connectivity index (χ0n) is 30.5. The number of urea groups is 1. The van der Waals surface area contributed by atoms with E-state index in [1.807, 2.05) is 29.2 Å². The number of hydrogen-bond acceptors (Lipinski definition) is 5. The van der Waals surface area contributed by atoms with Crippen LogP contribution in [0.25, 0.3) is 0 Å². The van der Waals surface area contributed by atoms with Gasteiger partial charge in [-0.1, -0.05) is 43.6 Å². The Morgan fingerprint density at radius 3 is 2.42 bits per heavy atom. The van der Waals surface area contributed by atoms with Gasteiger partial charge in [0.1, 0.15) is 0 Å². The van der Waals surface area contributed by atoms with Crippen molar-refractivity contribution in [2.45, 2.75) is 77.4 Å². The molecule has 0 bridgehead atoms. The van der Waals surface area contributed by atoms with Gasteiger partial charge in [-0.15, -0.1) is 0 Å². The normalized spacial score (nSPS) is 21.6. The number of halogens is 4. The van der Waals surface area contributed by atoms with Crippen LogP contribution in [0.2, 0.25) is 5.02 Å². The van der Waals surface area contributed by atoms with Crippen molar-refractivity contribution in [1.82, 2.24) is 19.6 Å². The van der Waals surface area contributed by atoms with Gasteiger partial charge in [-0.3, -0.25) is 0 Å². The number of nitrogens with two attached hydrogens (primary N) is 1. The molecule has 2 fully saturated rings. The molecule has 2 unspecified atom stereocenters. The molecule has 2 aromatic carbocycles. The topological polar surface area (TPSA) is 68.1 Å². The van der Waals surface area contributed by atoms with Crippen LogP contribution in [0.4, 0.5) is 29.3 Å². The predicted octanol–water partition coefficient (Wildman–Crippen LogP) is 7.49. The van der Waals surface area contributed by atoms with Gasteiger partial charge >= 0.3 is 12.2 Å². The number of likely N-dealkylation sites (tertiary alicyclic amines) is 2. The Labute approximate surface area is 292 Å². The summed E-state index contributed by atoms with van der Waals surface area (Å²) in [4.78, 5) is 21.7. The van der Waals surface area contributed by atoms with Crippen molar-refractivity contribution in [1.29, 1.82) is 0 Å². The molecule has 5 rings (SSSR count). The van der Waals surface area contributed by atoms with Gasteiger partial charge in [-0.05, 0) is 132 Å². The molecule has 3 heterocycles. The molecule has 266 valence electrons. The molecule has 0 spiro atoms. The molecule has 0 saturated carbocycles. The van der Waals surface area contributed by atoms with Crippen LogP contribution in [0.3, 0.4) is 0 Å². The zero-order valence-corrected chi connectivity index (χ0v) is 29.2. The fourth-order valence-electron chi connectivity index (χ4n) is 7.52. The Balaban J connectivity index is 1.24. The van der Waals surface area contributed by atoms with E-state index in [1.165, 1.54) is 6.07 Å². The number of nitrogens with one attached hydrogen (secondary N) is 1. The van der Waals surface area contributed by atoms with Gasteiger partial charge in [-0.25, -0.2) is 4.79 Å². The summed E-state index contributed by atoms with van der Waals surface area (Å²) in [6.07, 6.45) is 1.23. The van der Waals surface area contributed by atoms with E-state index in [-0.39, 0.29) is 23.5 Å². The Hall–Kier alpha value is -2.53. The number of carbonyl (C=O) groups is 1. The van der Waals surface area contributed by atoms with Gasteiger partial charge < -0.3 is 30.7 Å². The van der Waals surface area contributed by atoms with Gasteiger partial charge in [-0.2, -0.15) is 13.2 Å². The van der Waals surface area contributed by atoms with Gasteiger partial charge in [0.2, 0.25) is 0 Å². The quantitative estimate of drug-likeness (QED) is 0.213. The fraction of sp³-hybridized carbons (Fsp3) is 0.649. The summed E-state index contributed by atoms with van der Waals surface area (Å²) in [6, 6.07) is 10.4. The van der Waals surface area contributed by atoms with Crippen molar-refractivity contribution in [2.75, 3.05) is 76.5 Å². The maximum absolute atomic E-state index is 13.9. The summed E-state index contributed by atoms with van der Waals surface area (Å²) in [6.45, 7) is 9.62. The van der Waals surface area contributed by atoms with Crippen LogP contribution in [-0.2, 0) is 19.0 Å². The molecular formula is C37H54ClF3N6O. The summed E-state index contributed by atoms with van der Waals surface area (Å²) in [5, 5.41) is 2.91. The van der Waals surface area contributed by atoms with Crippen LogP contribution >= 0.6 is 11.6 Å². The molecule has 0 aromatic heterocycles. The Kier molecular flexibility index (Phi) is 12.0. The highest BCUT2D eigenvalue weighted by atomic mass is 35.5. The molecule has 3 aliphatic heterocycles. The number of piperidine rings is 2. The molecule has 0 aliphatic carbocycles. The number of alkyl halides is 3. The average Bonchev–Trinajstić information content (AvgIpc) is 3.27. The molecule has 0 radical (unpaired) electrons. The largest absolute Gasteiger partial charge is 0.418 e. The van der Waals surface area contributed by atoms with Crippen molar-refractivity contribution in [3.63, 3.8) is 0 Å². The second-order valence-corrected chi connectivity index (χ2v) is 14.1. The summed E-state index contributed by atoms with van der Waals surface area (Å²) >= 11 is 6.21. The second kappa shape index (κ2) is 16.9. The third-order valence-electron chi connectivity index (χ3n) is 10.6. The molecule has 3 aliphatic rings. The SMILES string of the molecule is [2H]C(CC(Cc1cc(Cl)c(N)c(C(F)(F)F)c1)[C@@H]([2H])N1CCC(CCN(CC)CC)CC1)N1CCC(N2CCc3ccccc3NC2=O)CC1. The number of carbonyl (C=O) groups excluding carboxylic acids is 1. The van der Waals surface area contributed by atoms with Crippen molar-refractivity contribution < 1.29 is 20.7 Å². The molecule has 2 saturated heterocycles. The van der Waals surface area contributed by atoms with E-state index in [4.69, 9.17) is 17.3 Å². The van der Waals surface area contributed by atoms with Crippen molar-refractivity contribution in [2.24, 2.45) is 11.8 Å². The number of nitrogen functional groups attached to an aromatic ring is 1. The lowest BCUT2D eigenvalue weighted by molar-refractivity contribution is -0.137. The van der Waals surface area contributed by atoms with Crippen LogP contribution in [0.15, 0.2) is 36.4 Å². The van der Waals surface area contributed by atoms with E-state index >= 15 is 0 Å². The first kappa shape index (κ1) is 33.9. The zero-order chi connectivity index (χ0) is 36.0. The van der Waals surface area contributed by atoms with Crippen LogP contribution in [0.5, 0.6) is 0 Å². The van der Waals surface area contributed by atoms with Gasteiger partial charge in [0.15, 0.2) is 0 Å². The lowest BCUT2D eigenvalue weighted by Gasteiger charge is -2.39. The highest BCUT2D eigenvalue weighted by Gasteiger charge is 2.35. The number of nitrogens with zero attached hydrogens (tertiary/aromatic N) is 4. The van der Waals surface area contributed by atoms with Crippen LogP contribution in [-0.4, -0.2) is 97.1 Å². The summed E-state index contributed by atoms with van der Waals surface area (Å²) in [5.74, 6) is 0.200. The first-order valence-corrected chi connectivity index (χ1v) is 18.1. The third-order valence-corrected chi connectivity index (χ3v) is 10.9. The fourth-order valence-corrected chi connectivity index (χ4v) is 7.76. The molecular weight excluding hydrogens is 637 g/mol. The van der Waals surface area contributed by atoms with E-state index in [0.717, 1.165) is 88.6 Å². The van der Waals surface area contributed by atoms with E-state index in [1.54, 1.807) is 0 Å². The van der Waals surface area contributed by atoms with Gasteiger partial charge in [0.05, 0.1) is 16.3 Å². The number of para-hydroxylation sites is 1. The van der Waals surface area contributed by atoms with Crippen molar-refractivity contribution >= 4 is 29.0 Å². The molecule has 3 atom stereocenters. The van der Waals surface area contributed by atoms with E-state index in [9.17, 15) is 20.7 Å². The Bertz CT molecular complexity index is 1420. The molecule has 2 aromatic rings. The molecule has 11 heteroatoms. The maximum Gasteiger partial charge on any atom is 0.418 e. The average molecular weight is 693 g/mol. The lowest BCUT2D eigenvalue weighted by atomic mass is 9.90. The van der Waals surface area contributed by atoms with Gasteiger partial charge in [0.25, 0.3) is 0 Å². The van der Waals surface area contributed by atoms with Gasteiger partial charge in [0, 0.05) is 40.6 Å². The van der Waals surface area contributed by atoms with Crippen LogP contribution in [0, 0.1) is 11.8 Å².